The molecule has 4 rings (SSSR count). The highest BCUT2D eigenvalue weighted by molar-refractivity contribution is 5.85. The summed E-state index contributed by atoms with van der Waals surface area (Å²) in [6.45, 7) is 0.284. The van der Waals surface area contributed by atoms with E-state index in [1.54, 1.807) is 12.1 Å². The molecule has 3 aliphatic carbocycles. The highest BCUT2D eigenvalue weighted by Crippen LogP contribution is 2.48. The maximum absolute atomic E-state index is 12.9. The third-order valence-corrected chi connectivity index (χ3v) is 5.17. The van der Waals surface area contributed by atoms with Gasteiger partial charge in [-0.05, 0) is 55.2 Å². The van der Waals surface area contributed by atoms with E-state index in [0.29, 0.717) is 0 Å². The summed E-state index contributed by atoms with van der Waals surface area (Å²) in [5.41, 5.74) is 0.792. The Balaban J connectivity index is 1.67. The minimum atomic E-state index is -1.10. The predicted octanol–water partition coefficient (Wildman–Crippen LogP) is 1.24. The molecule has 0 unspecified atom stereocenters. The lowest BCUT2D eigenvalue weighted by molar-refractivity contribution is -0.318. The van der Waals surface area contributed by atoms with Gasteiger partial charge in [-0.3, -0.25) is 4.79 Å². The fourth-order valence-electron chi connectivity index (χ4n) is 4.08. The van der Waals surface area contributed by atoms with Crippen LogP contribution < -0.4 is 10.4 Å². The quantitative estimate of drug-likeness (QED) is 0.910. The van der Waals surface area contributed by atoms with E-state index in [-0.39, 0.29) is 30.1 Å². The van der Waals surface area contributed by atoms with Crippen LogP contribution in [0.2, 0.25) is 0 Å². The Kier molecular flexibility index (Phi) is 4.14. The van der Waals surface area contributed by atoms with Crippen molar-refractivity contribution in [1.82, 2.24) is 5.32 Å². The Hall–Kier alpha value is -1.91. The second-order valence-electron chi connectivity index (χ2n) is 6.39. The highest BCUT2D eigenvalue weighted by Gasteiger charge is 2.47. The van der Waals surface area contributed by atoms with Gasteiger partial charge in [-0.2, -0.15) is 0 Å². The molecule has 0 saturated heterocycles. The van der Waals surface area contributed by atoms with E-state index in [1.807, 2.05) is 0 Å². The van der Waals surface area contributed by atoms with E-state index >= 15 is 0 Å². The number of benzene rings is 1. The molecular weight excluding hydrogens is 285 g/mol. The van der Waals surface area contributed by atoms with Crippen LogP contribution in [0.15, 0.2) is 24.3 Å². The maximum atomic E-state index is 12.9. The number of halogens is 1. The van der Waals surface area contributed by atoms with Crippen LogP contribution in [0.1, 0.15) is 31.2 Å². The number of amides is 1. The van der Waals surface area contributed by atoms with Gasteiger partial charge in [-0.15, -0.1) is 0 Å². The summed E-state index contributed by atoms with van der Waals surface area (Å²) in [5, 5.41) is 14.2. The number of nitrogens with one attached hydrogen (secondary N) is 1. The molecule has 4 nitrogen and oxygen atoms in total. The SMILES string of the molecule is O=C(NCc1ccc(F)cc1)[C@@H]1C2CCC(CC2)[C@@H]1C(=O)[O-]. The van der Waals surface area contributed by atoms with E-state index in [4.69, 9.17) is 0 Å². The molecule has 0 aliphatic heterocycles. The van der Waals surface area contributed by atoms with Gasteiger partial charge in [-0.25, -0.2) is 4.39 Å². The van der Waals surface area contributed by atoms with Crippen LogP contribution in [0.4, 0.5) is 4.39 Å². The van der Waals surface area contributed by atoms with Crippen LogP contribution in [0.3, 0.4) is 0 Å². The lowest BCUT2D eigenvalue weighted by Crippen LogP contribution is -2.54. The number of fused-ring (bicyclic) bond motifs is 3. The predicted molar refractivity (Wildman–Crippen MR) is 75.7 cm³/mol. The maximum Gasteiger partial charge on any atom is 0.224 e. The van der Waals surface area contributed by atoms with Gasteiger partial charge < -0.3 is 15.2 Å². The van der Waals surface area contributed by atoms with Crippen LogP contribution in [-0.4, -0.2) is 11.9 Å². The Morgan fingerprint density at radius 1 is 1.05 bits per heavy atom. The summed E-state index contributed by atoms with van der Waals surface area (Å²) in [4.78, 5) is 23.9. The standard InChI is InChI=1S/C17H20FNO3/c18-13-7-1-10(2-8-13)9-19-16(20)14-11-3-5-12(6-4-11)15(14)17(21)22/h1-2,7-8,11-12,14-15H,3-6,9H2,(H,19,20)(H,21,22)/p-1/t11?,12?,14-,15+/m1/s1. The van der Waals surface area contributed by atoms with Crippen molar-refractivity contribution in [3.05, 3.63) is 35.6 Å². The fraction of sp³-hybridized carbons (Fsp3) is 0.529. The van der Waals surface area contributed by atoms with Crippen LogP contribution in [-0.2, 0) is 16.1 Å². The van der Waals surface area contributed by atoms with Crippen molar-refractivity contribution in [2.75, 3.05) is 0 Å². The first-order chi connectivity index (χ1) is 10.6. The lowest BCUT2D eigenvalue weighted by Gasteiger charge is -2.48. The van der Waals surface area contributed by atoms with Crippen molar-refractivity contribution in [2.45, 2.75) is 32.2 Å². The lowest BCUT2D eigenvalue weighted by atomic mass is 9.58. The minimum Gasteiger partial charge on any atom is -0.550 e. The van der Waals surface area contributed by atoms with Gasteiger partial charge in [0.1, 0.15) is 5.82 Å². The summed E-state index contributed by atoms with van der Waals surface area (Å²) < 4.78 is 12.9. The van der Waals surface area contributed by atoms with Gasteiger partial charge in [0.2, 0.25) is 5.91 Å². The van der Waals surface area contributed by atoms with Crippen LogP contribution in [0, 0.1) is 29.5 Å². The second kappa shape index (κ2) is 6.07. The molecule has 22 heavy (non-hydrogen) atoms. The molecule has 118 valence electrons. The summed E-state index contributed by atoms with van der Waals surface area (Å²) in [6.07, 6.45) is 3.60. The molecule has 1 aromatic carbocycles. The molecule has 5 heteroatoms. The Morgan fingerprint density at radius 3 is 2.14 bits per heavy atom. The molecule has 2 atom stereocenters. The zero-order valence-corrected chi connectivity index (χ0v) is 12.3. The smallest absolute Gasteiger partial charge is 0.224 e. The molecule has 0 aromatic heterocycles. The summed E-state index contributed by atoms with van der Waals surface area (Å²) in [7, 11) is 0. The first-order valence-corrected chi connectivity index (χ1v) is 7.79. The van der Waals surface area contributed by atoms with Gasteiger partial charge >= 0.3 is 0 Å². The summed E-state index contributed by atoms with van der Waals surface area (Å²) in [6, 6.07) is 5.90. The van der Waals surface area contributed by atoms with E-state index in [9.17, 15) is 19.1 Å². The number of carbonyl (C=O) groups is 2. The van der Waals surface area contributed by atoms with Gasteiger partial charge in [0.25, 0.3) is 0 Å². The average Bonchev–Trinajstić information content (AvgIpc) is 2.54. The first-order valence-electron chi connectivity index (χ1n) is 7.79. The molecule has 1 N–H and O–H groups in total. The first kappa shape index (κ1) is 15.0. The molecule has 0 radical (unpaired) electrons. The van der Waals surface area contributed by atoms with Crippen LogP contribution >= 0.6 is 0 Å². The summed E-state index contributed by atoms with van der Waals surface area (Å²) in [5.74, 6) is -2.59. The molecule has 1 amide bonds. The average molecular weight is 304 g/mol. The molecular formula is C17H19FNO3-. The van der Waals surface area contributed by atoms with E-state index in [0.717, 1.165) is 31.2 Å². The van der Waals surface area contributed by atoms with Gasteiger partial charge in [0.05, 0.1) is 0 Å². The van der Waals surface area contributed by atoms with Gasteiger partial charge in [0, 0.05) is 24.3 Å². The molecule has 0 heterocycles. The summed E-state index contributed by atoms with van der Waals surface area (Å²) >= 11 is 0. The van der Waals surface area contributed by atoms with Crippen LogP contribution in [0.5, 0.6) is 0 Å². The van der Waals surface area contributed by atoms with Crippen LogP contribution in [0.25, 0.3) is 0 Å². The number of hydrogen-bond donors (Lipinski definition) is 1. The zero-order valence-electron chi connectivity index (χ0n) is 12.3. The third kappa shape index (κ3) is 2.85. The number of aliphatic carboxylic acids is 1. The topological polar surface area (TPSA) is 69.2 Å². The second-order valence-corrected chi connectivity index (χ2v) is 6.39. The normalized spacial score (nSPS) is 30.0. The molecule has 3 saturated carbocycles. The Labute approximate surface area is 128 Å². The van der Waals surface area contributed by atoms with E-state index in [2.05, 4.69) is 5.32 Å². The Bertz CT molecular complexity index is 564. The molecule has 0 spiro atoms. The monoisotopic (exact) mass is 304 g/mol. The molecule has 2 bridgehead atoms. The Morgan fingerprint density at radius 2 is 1.59 bits per heavy atom. The zero-order chi connectivity index (χ0) is 15.7. The molecule has 3 aliphatic rings. The third-order valence-electron chi connectivity index (χ3n) is 5.17. The number of carboxylic acid groups (broad SMARTS) is 1. The number of carbonyl (C=O) groups excluding carboxylic acids is 2. The van der Waals surface area contributed by atoms with Crippen molar-refractivity contribution in [1.29, 1.82) is 0 Å². The molecule has 1 aromatic rings. The number of hydrogen-bond acceptors (Lipinski definition) is 3. The van der Waals surface area contributed by atoms with E-state index in [1.165, 1.54) is 12.1 Å². The van der Waals surface area contributed by atoms with Crippen molar-refractivity contribution in [2.24, 2.45) is 23.7 Å². The highest BCUT2D eigenvalue weighted by atomic mass is 19.1. The fourth-order valence-corrected chi connectivity index (χ4v) is 4.08. The van der Waals surface area contributed by atoms with Gasteiger partial charge in [-0.1, -0.05) is 12.1 Å². The number of carboxylic acids is 1. The molecule has 3 fully saturated rings. The van der Waals surface area contributed by atoms with E-state index < -0.39 is 17.8 Å². The van der Waals surface area contributed by atoms with Gasteiger partial charge in [0.15, 0.2) is 0 Å². The van der Waals surface area contributed by atoms with Crippen molar-refractivity contribution < 1.29 is 19.1 Å². The van der Waals surface area contributed by atoms with Crippen molar-refractivity contribution >= 4 is 11.9 Å². The van der Waals surface area contributed by atoms with Crippen molar-refractivity contribution in [3.63, 3.8) is 0 Å². The largest absolute Gasteiger partial charge is 0.550 e. The van der Waals surface area contributed by atoms with Crippen molar-refractivity contribution in [3.8, 4) is 0 Å². The number of rotatable bonds is 4. The minimum absolute atomic E-state index is 0.0663.